The quantitative estimate of drug-likeness (QED) is 0.645. The van der Waals surface area contributed by atoms with Gasteiger partial charge in [0, 0.05) is 23.1 Å². The van der Waals surface area contributed by atoms with Crippen LogP contribution >= 0.6 is 0 Å². The summed E-state index contributed by atoms with van der Waals surface area (Å²) in [6.45, 7) is 7.39. The van der Waals surface area contributed by atoms with E-state index in [1.807, 2.05) is 20.8 Å². The van der Waals surface area contributed by atoms with Crippen LogP contribution in [0.4, 0.5) is 0 Å². The van der Waals surface area contributed by atoms with Crippen LogP contribution in [-0.4, -0.2) is 45.1 Å². The molecular weight excluding hydrogens is 376 g/mol. The molecule has 0 fully saturated rings. The van der Waals surface area contributed by atoms with Crippen molar-refractivity contribution in [2.75, 3.05) is 0 Å². The van der Waals surface area contributed by atoms with Crippen molar-refractivity contribution in [2.24, 2.45) is 0 Å². The Kier molecular flexibility index (Phi) is 5.30. The third kappa shape index (κ3) is 3.44. The van der Waals surface area contributed by atoms with E-state index in [4.69, 9.17) is 9.84 Å². The summed E-state index contributed by atoms with van der Waals surface area (Å²) in [6.07, 6.45) is -0.302. The number of aromatic hydroxyl groups is 2. The monoisotopic (exact) mass is 402 g/mol. The van der Waals surface area contributed by atoms with Gasteiger partial charge in [0.15, 0.2) is 11.6 Å². The van der Waals surface area contributed by atoms with Gasteiger partial charge in [-0.15, -0.1) is 0 Å². The fourth-order valence-electron chi connectivity index (χ4n) is 4.51. The maximum absolute atomic E-state index is 13.3. The molecule has 3 N–H and O–H groups in total. The Morgan fingerprint density at radius 1 is 1.21 bits per heavy atom. The second kappa shape index (κ2) is 7.30. The highest BCUT2D eigenvalue weighted by molar-refractivity contribution is 6.29. The van der Waals surface area contributed by atoms with Gasteiger partial charge in [0.1, 0.15) is 11.5 Å². The highest BCUT2D eigenvalue weighted by Gasteiger charge is 2.44. The Labute approximate surface area is 169 Å². The molecule has 7 heteroatoms. The van der Waals surface area contributed by atoms with E-state index in [9.17, 15) is 24.6 Å². The number of phenols is 2. The van der Waals surface area contributed by atoms with Crippen LogP contribution in [0.2, 0.25) is 0 Å². The van der Waals surface area contributed by atoms with Gasteiger partial charge in [-0.2, -0.15) is 0 Å². The molecule has 3 rings (SSSR count). The zero-order valence-electron chi connectivity index (χ0n) is 17.0. The topological polar surface area (TPSA) is 121 Å². The van der Waals surface area contributed by atoms with Crippen LogP contribution in [0.1, 0.15) is 79.7 Å². The number of aliphatic carboxylic acids is 1. The lowest BCUT2D eigenvalue weighted by atomic mass is 9.73. The van der Waals surface area contributed by atoms with E-state index in [1.54, 1.807) is 6.92 Å². The Morgan fingerprint density at radius 2 is 1.86 bits per heavy atom. The van der Waals surface area contributed by atoms with Crippen LogP contribution in [0.15, 0.2) is 17.2 Å². The summed E-state index contributed by atoms with van der Waals surface area (Å²) >= 11 is 0. The molecule has 2 aliphatic rings. The molecule has 0 saturated heterocycles. The predicted molar refractivity (Wildman–Crippen MR) is 105 cm³/mol. The number of carboxylic acid groups (broad SMARTS) is 1. The smallest absolute Gasteiger partial charge is 0.305 e. The molecule has 0 spiro atoms. The summed E-state index contributed by atoms with van der Waals surface area (Å²) in [7, 11) is 0. The SMILES string of the molecule is CCCC(C)(C)c1cc(O)c2c(c1O)C(=O)C1=C(C[C@@H](CC(=O)O)O[C@@H]1C)C2=O. The molecule has 0 unspecified atom stereocenters. The van der Waals surface area contributed by atoms with Gasteiger partial charge in [-0.1, -0.05) is 27.2 Å². The van der Waals surface area contributed by atoms with Crippen molar-refractivity contribution in [1.82, 2.24) is 0 Å². The normalized spacial score (nSPS) is 21.8. The standard InChI is InChI=1S/C22H26O7/c1-5-6-22(3,4)13-9-14(23)17-18(20(13)27)21(28)16-10(2)29-11(8-15(24)25)7-12(16)19(17)26/h9-11,23,27H,5-8H2,1-4H3,(H,24,25)/t10-,11+/m1/s1. The highest BCUT2D eigenvalue weighted by atomic mass is 16.5. The third-order valence-corrected chi connectivity index (χ3v) is 5.82. The van der Waals surface area contributed by atoms with Crippen LogP contribution in [0, 0.1) is 0 Å². The average molecular weight is 402 g/mol. The molecule has 0 bridgehead atoms. The van der Waals surface area contributed by atoms with Crippen LogP contribution in [0.25, 0.3) is 0 Å². The van der Waals surface area contributed by atoms with E-state index in [-0.39, 0.29) is 46.6 Å². The van der Waals surface area contributed by atoms with Crippen molar-refractivity contribution in [1.29, 1.82) is 0 Å². The Bertz CT molecular complexity index is 939. The number of carbonyl (C=O) groups is 3. The van der Waals surface area contributed by atoms with Crippen molar-refractivity contribution in [2.45, 2.75) is 71.0 Å². The van der Waals surface area contributed by atoms with Crippen LogP contribution < -0.4 is 0 Å². The second-order valence-corrected chi connectivity index (χ2v) is 8.43. The number of rotatable bonds is 5. The highest BCUT2D eigenvalue weighted by Crippen LogP contribution is 2.47. The summed E-state index contributed by atoms with van der Waals surface area (Å²) in [4.78, 5) is 37.5. The number of hydrogen-bond acceptors (Lipinski definition) is 6. The number of carbonyl (C=O) groups excluding carboxylic acids is 2. The molecular formula is C22H26O7. The van der Waals surface area contributed by atoms with Crippen molar-refractivity contribution in [3.63, 3.8) is 0 Å². The van der Waals surface area contributed by atoms with Gasteiger partial charge in [0.25, 0.3) is 0 Å². The van der Waals surface area contributed by atoms with Crippen LogP contribution in [-0.2, 0) is 14.9 Å². The van der Waals surface area contributed by atoms with Crippen LogP contribution in [0.3, 0.4) is 0 Å². The second-order valence-electron chi connectivity index (χ2n) is 8.43. The first-order chi connectivity index (χ1) is 13.5. The molecule has 0 saturated carbocycles. The fourth-order valence-corrected chi connectivity index (χ4v) is 4.51. The molecule has 1 aromatic rings. The number of phenolic OH excluding ortho intramolecular Hbond substituents is 2. The van der Waals surface area contributed by atoms with Gasteiger partial charge >= 0.3 is 5.97 Å². The van der Waals surface area contributed by atoms with E-state index in [1.165, 1.54) is 6.07 Å². The molecule has 1 aromatic carbocycles. The van der Waals surface area contributed by atoms with E-state index in [0.717, 1.165) is 6.42 Å². The Hall–Kier alpha value is -2.67. The third-order valence-electron chi connectivity index (χ3n) is 5.82. The van der Waals surface area contributed by atoms with Gasteiger partial charge in [-0.25, -0.2) is 0 Å². The number of ketones is 2. The first-order valence-electron chi connectivity index (χ1n) is 9.78. The summed E-state index contributed by atoms with van der Waals surface area (Å²) in [5, 5.41) is 30.6. The first-order valence-corrected chi connectivity index (χ1v) is 9.78. The number of fused-ring (bicyclic) bond motifs is 1. The minimum Gasteiger partial charge on any atom is -0.507 e. The summed E-state index contributed by atoms with van der Waals surface area (Å²) < 4.78 is 5.65. The molecule has 1 heterocycles. The number of hydrogen-bond donors (Lipinski definition) is 3. The zero-order valence-corrected chi connectivity index (χ0v) is 17.0. The van der Waals surface area contributed by atoms with Gasteiger partial charge in [-0.05, 0) is 24.8 Å². The molecule has 1 aliphatic carbocycles. The lowest BCUT2D eigenvalue weighted by molar-refractivity contribution is -0.141. The number of benzene rings is 1. The molecule has 0 amide bonds. The lowest BCUT2D eigenvalue weighted by Crippen LogP contribution is -2.38. The van der Waals surface area contributed by atoms with E-state index in [2.05, 4.69) is 0 Å². The Morgan fingerprint density at radius 3 is 2.45 bits per heavy atom. The summed E-state index contributed by atoms with van der Waals surface area (Å²) in [6, 6.07) is 1.36. The van der Waals surface area contributed by atoms with Gasteiger partial charge in [0.2, 0.25) is 0 Å². The van der Waals surface area contributed by atoms with E-state index >= 15 is 0 Å². The average Bonchev–Trinajstić information content (AvgIpc) is 2.60. The van der Waals surface area contributed by atoms with Crippen molar-refractivity contribution in [3.05, 3.63) is 33.9 Å². The molecule has 1 aliphatic heterocycles. The predicted octanol–water partition coefficient (Wildman–Crippen LogP) is 3.50. The van der Waals surface area contributed by atoms with Crippen molar-refractivity contribution in [3.8, 4) is 11.5 Å². The molecule has 0 radical (unpaired) electrons. The van der Waals surface area contributed by atoms with E-state index < -0.39 is 35.2 Å². The minimum atomic E-state index is -1.07. The molecule has 29 heavy (non-hydrogen) atoms. The zero-order chi connectivity index (χ0) is 21.7. The lowest BCUT2D eigenvalue weighted by Gasteiger charge is -2.35. The van der Waals surface area contributed by atoms with Gasteiger partial charge < -0.3 is 20.1 Å². The minimum absolute atomic E-state index is 0.0285. The number of Topliss-reactive ketones (excluding diaryl/α,β-unsaturated/α-hetero) is 2. The van der Waals surface area contributed by atoms with Crippen molar-refractivity contribution < 1.29 is 34.4 Å². The summed E-state index contributed by atoms with van der Waals surface area (Å²) in [5.41, 5.74) is -0.226. The maximum atomic E-state index is 13.3. The Balaban J connectivity index is 2.16. The van der Waals surface area contributed by atoms with E-state index in [0.29, 0.717) is 12.0 Å². The largest absolute Gasteiger partial charge is 0.507 e. The molecule has 7 nitrogen and oxygen atoms in total. The number of ether oxygens (including phenoxy) is 1. The van der Waals surface area contributed by atoms with Crippen molar-refractivity contribution >= 4 is 17.5 Å². The number of carboxylic acids is 1. The molecule has 0 aromatic heterocycles. The van der Waals surface area contributed by atoms with Gasteiger partial charge in [-0.3, -0.25) is 14.4 Å². The molecule has 156 valence electrons. The molecule has 2 atom stereocenters. The first kappa shape index (κ1) is 21.0. The maximum Gasteiger partial charge on any atom is 0.305 e. The fraction of sp³-hybridized carbons (Fsp3) is 0.500. The van der Waals surface area contributed by atoms with Crippen LogP contribution in [0.5, 0.6) is 11.5 Å². The van der Waals surface area contributed by atoms with Gasteiger partial charge in [0.05, 0.1) is 29.8 Å². The summed E-state index contributed by atoms with van der Waals surface area (Å²) in [5.74, 6) is -2.83.